The van der Waals surface area contributed by atoms with Crippen molar-refractivity contribution in [1.29, 1.82) is 0 Å². The number of hydrogen-bond acceptors (Lipinski definition) is 3. The van der Waals surface area contributed by atoms with E-state index in [4.69, 9.17) is 9.84 Å². The van der Waals surface area contributed by atoms with Gasteiger partial charge in [-0.1, -0.05) is 42.0 Å². The van der Waals surface area contributed by atoms with Crippen LogP contribution >= 0.6 is 0 Å². The molecular formula is C16H14O4. The second-order valence-corrected chi connectivity index (χ2v) is 4.42. The van der Waals surface area contributed by atoms with Gasteiger partial charge in [0.1, 0.15) is 6.61 Å². The zero-order chi connectivity index (χ0) is 14.5. The van der Waals surface area contributed by atoms with Gasteiger partial charge in [-0.25, -0.2) is 9.59 Å². The van der Waals surface area contributed by atoms with Gasteiger partial charge < -0.3 is 9.84 Å². The molecule has 0 radical (unpaired) electrons. The van der Waals surface area contributed by atoms with Gasteiger partial charge in [0, 0.05) is 0 Å². The number of rotatable bonds is 4. The Kier molecular flexibility index (Phi) is 4.15. The van der Waals surface area contributed by atoms with Crippen molar-refractivity contribution in [2.45, 2.75) is 13.5 Å². The highest BCUT2D eigenvalue weighted by molar-refractivity contribution is 6.02. The second-order valence-electron chi connectivity index (χ2n) is 4.42. The number of esters is 1. The number of carbonyl (C=O) groups is 2. The molecule has 0 saturated heterocycles. The zero-order valence-electron chi connectivity index (χ0n) is 11.0. The second kappa shape index (κ2) is 6.02. The fraction of sp³-hybridized carbons (Fsp3) is 0.125. The first-order valence-corrected chi connectivity index (χ1v) is 6.13. The van der Waals surface area contributed by atoms with E-state index in [1.807, 2.05) is 30.3 Å². The molecule has 0 aliphatic rings. The third kappa shape index (κ3) is 3.23. The summed E-state index contributed by atoms with van der Waals surface area (Å²) in [5.41, 5.74) is 1.69. The summed E-state index contributed by atoms with van der Waals surface area (Å²) in [5, 5.41) is 9.08. The quantitative estimate of drug-likeness (QED) is 0.867. The predicted octanol–water partition coefficient (Wildman–Crippen LogP) is 3.05. The lowest BCUT2D eigenvalue weighted by atomic mass is 10.0. The number of hydrogen-bond donors (Lipinski definition) is 1. The first-order chi connectivity index (χ1) is 9.58. The van der Waals surface area contributed by atoms with Crippen LogP contribution in [0.4, 0.5) is 0 Å². The predicted molar refractivity (Wildman–Crippen MR) is 73.7 cm³/mol. The first kappa shape index (κ1) is 13.8. The highest BCUT2D eigenvalue weighted by Crippen LogP contribution is 2.14. The minimum atomic E-state index is -1.14. The number of carboxylic acids is 1. The molecule has 4 heteroatoms. The molecule has 20 heavy (non-hydrogen) atoms. The van der Waals surface area contributed by atoms with Gasteiger partial charge >= 0.3 is 11.9 Å². The van der Waals surface area contributed by atoms with E-state index in [9.17, 15) is 9.59 Å². The summed E-state index contributed by atoms with van der Waals surface area (Å²) in [4.78, 5) is 23.1. The lowest BCUT2D eigenvalue weighted by molar-refractivity contribution is 0.0463. The maximum atomic E-state index is 12.0. The topological polar surface area (TPSA) is 63.6 Å². The highest BCUT2D eigenvalue weighted by Gasteiger charge is 2.17. The lowest BCUT2D eigenvalue weighted by Crippen LogP contribution is -2.12. The van der Waals surface area contributed by atoms with Crippen molar-refractivity contribution in [3.05, 3.63) is 70.8 Å². The number of aryl methyl sites for hydroxylation is 1. The molecule has 0 bridgehead atoms. The fourth-order valence-corrected chi connectivity index (χ4v) is 1.81. The molecule has 102 valence electrons. The molecule has 0 saturated carbocycles. The monoisotopic (exact) mass is 270 g/mol. The Labute approximate surface area is 116 Å². The summed E-state index contributed by atoms with van der Waals surface area (Å²) >= 11 is 0. The Bertz CT molecular complexity index is 632. The average Bonchev–Trinajstić information content (AvgIpc) is 2.45. The first-order valence-electron chi connectivity index (χ1n) is 6.13. The molecule has 0 fully saturated rings. The van der Waals surface area contributed by atoms with Crippen LogP contribution in [-0.2, 0) is 11.3 Å². The Morgan fingerprint density at radius 3 is 2.40 bits per heavy atom. The van der Waals surface area contributed by atoms with E-state index in [2.05, 4.69) is 0 Å². The molecule has 2 aromatic carbocycles. The van der Waals surface area contributed by atoms with Gasteiger partial charge in [-0.3, -0.25) is 0 Å². The van der Waals surface area contributed by atoms with Gasteiger partial charge in [-0.2, -0.15) is 0 Å². The molecule has 0 unspecified atom stereocenters. The summed E-state index contributed by atoms with van der Waals surface area (Å²) in [6.45, 7) is 1.91. The summed E-state index contributed by atoms with van der Waals surface area (Å²) in [5.74, 6) is -1.77. The molecular weight excluding hydrogens is 256 g/mol. The van der Waals surface area contributed by atoms with Crippen LogP contribution in [0.1, 0.15) is 31.8 Å². The maximum Gasteiger partial charge on any atom is 0.339 e. The fourth-order valence-electron chi connectivity index (χ4n) is 1.81. The normalized spacial score (nSPS) is 10.1. The van der Waals surface area contributed by atoms with Gasteiger partial charge in [0.2, 0.25) is 0 Å². The summed E-state index contributed by atoms with van der Waals surface area (Å²) in [6, 6.07) is 13.8. The van der Waals surface area contributed by atoms with E-state index < -0.39 is 11.9 Å². The molecule has 0 atom stereocenters. The molecule has 0 amide bonds. The van der Waals surface area contributed by atoms with Crippen molar-refractivity contribution >= 4 is 11.9 Å². The van der Waals surface area contributed by atoms with Crippen LogP contribution in [0.3, 0.4) is 0 Å². The molecule has 0 aromatic heterocycles. The van der Waals surface area contributed by atoms with Crippen LogP contribution < -0.4 is 0 Å². The largest absolute Gasteiger partial charge is 0.478 e. The van der Waals surface area contributed by atoms with Gasteiger partial charge in [-0.05, 0) is 24.6 Å². The number of carboxylic acid groups (broad SMARTS) is 1. The van der Waals surface area contributed by atoms with E-state index >= 15 is 0 Å². The number of aromatic carboxylic acids is 1. The van der Waals surface area contributed by atoms with Crippen LogP contribution in [0, 0.1) is 6.92 Å². The third-order valence-electron chi connectivity index (χ3n) is 2.84. The Morgan fingerprint density at radius 2 is 1.75 bits per heavy atom. The number of ether oxygens (including phenoxy) is 1. The SMILES string of the molecule is Cc1ccc(C(=O)O)c(C(=O)OCc2ccccc2)c1. The van der Waals surface area contributed by atoms with Crippen LogP contribution in [0.15, 0.2) is 48.5 Å². The molecule has 2 aromatic rings. The molecule has 0 heterocycles. The molecule has 0 aliphatic carbocycles. The standard InChI is InChI=1S/C16H14O4/c1-11-7-8-13(15(17)18)14(9-11)16(19)20-10-12-5-3-2-4-6-12/h2-9H,10H2,1H3,(H,17,18). The lowest BCUT2D eigenvalue weighted by Gasteiger charge is -2.08. The summed E-state index contributed by atoms with van der Waals surface area (Å²) in [7, 11) is 0. The maximum absolute atomic E-state index is 12.0. The Balaban J connectivity index is 2.17. The van der Waals surface area contributed by atoms with Crippen molar-refractivity contribution in [3.63, 3.8) is 0 Å². The van der Waals surface area contributed by atoms with Crippen LogP contribution in [-0.4, -0.2) is 17.0 Å². The number of benzene rings is 2. The third-order valence-corrected chi connectivity index (χ3v) is 2.84. The van der Waals surface area contributed by atoms with E-state index in [1.54, 1.807) is 13.0 Å². The van der Waals surface area contributed by atoms with E-state index in [0.29, 0.717) is 0 Å². The highest BCUT2D eigenvalue weighted by atomic mass is 16.5. The van der Waals surface area contributed by atoms with Crippen molar-refractivity contribution in [1.82, 2.24) is 0 Å². The Morgan fingerprint density at radius 1 is 1.05 bits per heavy atom. The zero-order valence-corrected chi connectivity index (χ0v) is 11.0. The van der Waals surface area contributed by atoms with Crippen molar-refractivity contribution in [2.24, 2.45) is 0 Å². The van der Waals surface area contributed by atoms with E-state index in [-0.39, 0.29) is 17.7 Å². The minimum absolute atomic E-state index is 0.0475. The summed E-state index contributed by atoms with van der Waals surface area (Å²) in [6.07, 6.45) is 0. The Hall–Kier alpha value is -2.62. The van der Waals surface area contributed by atoms with Gasteiger partial charge in [0.15, 0.2) is 0 Å². The molecule has 2 rings (SSSR count). The van der Waals surface area contributed by atoms with Gasteiger partial charge in [0.25, 0.3) is 0 Å². The van der Waals surface area contributed by atoms with Crippen molar-refractivity contribution in [3.8, 4) is 0 Å². The molecule has 4 nitrogen and oxygen atoms in total. The molecule has 0 aliphatic heterocycles. The minimum Gasteiger partial charge on any atom is -0.478 e. The summed E-state index contributed by atoms with van der Waals surface area (Å²) < 4.78 is 5.16. The molecule has 0 spiro atoms. The smallest absolute Gasteiger partial charge is 0.339 e. The van der Waals surface area contributed by atoms with Crippen LogP contribution in [0.2, 0.25) is 0 Å². The average molecular weight is 270 g/mol. The van der Waals surface area contributed by atoms with Crippen molar-refractivity contribution < 1.29 is 19.4 Å². The van der Waals surface area contributed by atoms with Crippen molar-refractivity contribution in [2.75, 3.05) is 0 Å². The van der Waals surface area contributed by atoms with E-state index in [0.717, 1.165) is 11.1 Å². The van der Waals surface area contributed by atoms with Crippen LogP contribution in [0.5, 0.6) is 0 Å². The van der Waals surface area contributed by atoms with E-state index in [1.165, 1.54) is 12.1 Å². The van der Waals surface area contributed by atoms with Gasteiger partial charge in [0.05, 0.1) is 11.1 Å². The van der Waals surface area contributed by atoms with Gasteiger partial charge in [-0.15, -0.1) is 0 Å². The number of carbonyl (C=O) groups excluding carboxylic acids is 1. The van der Waals surface area contributed by atoms with Crippen LogP contribution in [0.25, 0.3) is 0 Å². The molecule has 1 N–H and O–H groups in total.